The number of primary amides is 2. The summed E-state index contributed by atoms with van der Waals surface area (Å²) in [5.74, 6) is -2.41. The van der Waals surface area contributed by atoms with E-state index in [1.165, 1.54) is 0 Å². The minimum atomic E-state index is -1.48. The lowest BCUT2D eigenvalue weighted by Gasteiger charge is -2.16. The molecule has 21 heavy (non-hydrogen) atoms. The van der Waals surface area contributed by atoms with Gasteiger partial charge in [0.05, 0.1) is 6.61 Å². The minimum absolute atomic E-state index is 0.342. The topological polar surface area (TPSA) is 200 Å². The molecule has 116 valence electrons. The van der Waals surface area contributed by atoms with Gasteiger partial charge >= 0.3 is 0 Å². The van der Waals surface area contributed by atoms with Crippen molar-refractivity contribution in [1.29, 1.82) is 0 Å². The number of aromatic nitrogens is 2. The van der Waals surface area contributed by atoms with E-state index in [2.05, 4.69) is 5.10 Å². The summed E-state index contributed by atoms with van der Waals surface area (Å²) >= 11 is 0. The number of carbonyl (C=O) groups is 2. The van der Waals surface area contributed by atoms with Crippen molar-refractivity contribution in [1.82, 2.24) is 9.78 Å². The number of aliphatic hydroxyl groups excluding tert-OH is 3. The summed E-state index contributed by atoms with van der Waals surface area (Å²) in [5, 5.41) is 32.3. The van der Waals surface area contributed by atoms with E-state index in [0.29, 0.717) is 0 Å². The molecule has 0 spiro atoms. The zero-order chi connectivity index (χ0) is 15.9. The highest BCUT2D eigenvalue weighted by molar-refractivity contribution is 6.08. The van der Waals surface area contributed by atoms with Crippen LogP contribution in [0.4, 0.5) is 5.82 Å². The van der Waals surface area contributed by atoms with Crippen LogP contribution in [0.25, 0.3) is 0 Å². The molecule has 0 bridgehead atoms. The molecule has 1 saturated heterocycles. The normalized spacial score (nSPS) is 28.7. The highest BCUT2D eigenvalue weighted by Gasteiger charge is 2.45. The number of nitrogen functional groups attached to an aromatic ring is 1. The Balaban J connectivity index is 2.48. The van der Waals surface area contributed by atoms with E-state index in [1.807, 2.05) is 0 Å². The van der Waals surface area contributed by atoms with Crippen molar-refractivity contribution in [2.24, 2.45) is 11.5 Å². The monoisotopic (exact) mass is 301 g/mol. The molecule has 0 saturated carbocycles. The third kappa shape index (κ3) is 2.31. The Labute approximate surface area is 117 Å². The van der Waals surface area contributed by atoms with Gasteiger partial charge in [-0.1, -0.05) is 0 Å². The smallest absolute Gasteiger partial charge is 0.270 e. The van der Waals surface area contributed by atoms with Crippen LogP contribution in [0.3, 0.4) is 0 Å². The van der Waals surface area contributed by atoms with E-state index in [9.17, 15) is 19.8 Å². The number of aliphatic hydroxyl groups is 3. The van der Waals surface area contributed by atoms with Crippen LogP contribution in [0.2, 0.25) is 0 Å². The largest absolute Gasteiger partial charge is 0.394 e. The van der Waals surface area contributed by atoms with Gasteiger partial charge < -0.3 is 37.3 Å². The third-order valence-electron chi connectivity index (χ3n) is 3.19. The van der Waals surface area contributed by atoms with Gasteiger partial charge in [0.1, 0.15) is 29.7 Å². The number of anilines is 1. The number of nitrogens with two attached hydrogens (primary N) is 3. The van der Waals surface area contributed by atoms with Gasteiger partial charge in [0, 0.05) is 0 Å². The van der Waals surface area contributed by atoms with Crippen LogP contribution >= 0.6 is 0 Å². The highest BCUT2D eigenvalue weighted by atomic mass is 16.6. The molecule has 11 nitrogen and oxygen atoms in total. The average Bonchev–Trinajstić information content (AvgIpc) is 2.89. The lowest BCUT2D eigenvalue weighted by Crippen LogP contribution is -2.33. The Kier molecular flexibility index (Phi) is 3.82. The number of nitrogens with zero attached hydrogens (tertiary/aromatic N) is 2. The van der Waals surface area contributed by atoms with E-state index in [4.69, 9.17) is 27.0 Å². The molecule has 1 aromatic heterocycles. The molecule has 1 aliphatic heterocycles. The lowest BCUT2D eigenvalue weighted by atomic mass is 10.1. The number of amides is 2. The summed E-state index contributed by atoms with van der Waals surface area (Å²) in [7, 11) is 0. The lowest BCUT2D eigenvalue weighted by molar-refractivity contribution is -0.0575. The Bertz CT molecular complexity index is 587. The van der Waals surface area contributed by atoms with Gasteiger partial charge in [-0.3, -0.25) is 9.59 Å². The first kappa shape index (κ1) is 15.2. The van der Waals surface area contributed by atoms with Gasteiger partial charge in [-0.15, -0.1) is 0 Å². The molecule has 9 N–H and O–H groups in total. The summed E-state index contributed by atoms with van der Waals surface area (Å²) in [4.78, 5) is 22.6. The standard InChI is InChI=1S/C10H15N5O6/c11-7-3(8(12)19)4(9(13)20)14-15(7)10-6(18)5(17)2(1-16)21-10/h2,5-6,10,16-18H,1,11H2,(H2,12,19)(H2,13,20)/t2-,5-,6-,10?/m1/s1. The maximum Gasteiger partial charge on any atom is 0.270 e. The zero-order valence-corrected chi connectivity index (χ0v) is 10.7. The van der Waals surface area contributed by atoms with Crippen molar-refractivity contribution in [3.63, 3.8) is 0 Å². The van der Waals surface area contributed by atoms with Crippen LogP contribution in [0.1, 0.15) is 27.1 Å². The summed E-state index contributed by atoms with van der Waals surface area (Å²) in [6, 6.07) is 0. The zero-order valence-electron chi connectivity index (χ0n) is 10.7. The van der Waals surface area contributed by atoms with E-state index in [-0.39, 0.29) is 5.82 Å². The fraction of sp³-hybridized carbons (Fsp3) is 0.500. The first-order valence-corrected chi connectivity index (χ1v) is 5.89. The number of hydrogen-bond acceptors (Lipinski definition) is 8. The molecule has 0 aliphatic carbocycles. The average molecular weight is 301 g/mol. The van der Waals surface area contributed by atoms with E-state index < -0.39 is 54.2 Å². The molecule has 1 unspecified atom stereocenters. The second-order valence-corrected chi connectivity index (χ2v) is 4.51. The summed E-state index contributed by atoms with van der Waals surface area (Å²) in [6.07, 6.45) is -5.24. The molecule has 11 heteroatoms. The van der Waals surface area contributed by atoms with Gasteiger partial charge in [-0.25, -0.2) is 4.68 Å². The fourth-order valence-electron chi connectivity index (χ4n) is 2.14. The number of ether oxygens (including phenoxy) is 1. The SMILES string of the molecule is NC(=O)c1nn(C2O[C@H](CO)[C@@H](O)[C@H]2O)c(N)c1C(N)=O. The third-order valence-corrected chi connectivity index (χ3v) is 3.19. The first-order chi connectivity index (χ1) is 9.79. The predicted octanol–water partition coefficient (Wildman–Crippen LogP) is -3.73. The Morgan fingerprint density at radius 1 is 1.24 bits per heavy atom. The van der Waals surface area contributed by atoms with E-state index >= 15 is 0 Å². The summed E-state index contributed by atoms with van der Waals surface area (Å²) < 4.78 is 6.02. The first-order valence-electron chi connectivity index (χ1n) is 5.89. The molecule has 1 aliphatic rings. The Hall–Kier alpha value is -2.21. The van der Waals surface area contributed by atoms with Crippen LogP contribution in [-0.4, -0.2) is 61.8 Å². The van der Waals surface area contributed by atoms with Crippen LogP contribution in [-0.2, 0) is 4.74 Å². The molecule has 2 amide bonds. The molecule has 4 atom stereocenters. The Morgan fingerprint density at radius 3 is 2.24 bits per heavy atom. The molecule has 1 fully saturated rings. The number of hydrogen-bond donors (Lipinski definition) is 6. The highest BCUT2D eigenvalue weighted by Crippen LogP contribution is 2.32. The van der Waals surface area contributed by atoms with Gasteiger partial charge in [-0.2, -0.15) is 5.10 Å². The van der Waals surface area contributed by atoms with E-state index in [0.717, 1.165) is 4.68 Å². The fourth-order valence-corrected chi connectivity index (χ4v) is 2.14. The van der Waals surface area contributed by atoms with Gasteiger partial charge in [0.15, 0.2) is 11.9 Å². The maximum atomic E-state index is 11.3. The molecular formula is C10H15N5O6. The molecule has 0 radical (unpaired) electrons. The van der Waals surface area contributed by atoms with E-state index in [1.54, 1.807) is 0 Å². The van der Waals surface area contributed by atoms with Crippen LogP contribution in [0.15, 0.2) is 0 Å². The van der Waals surface area contributed by atoms with Crippen molar-refractivity contribution in [2.75, 3.05) is 12.3 Å². The quantitative estimate of drug-likeness (QED) is 0.326. The second-order valence-electron chi connectivity index (χ2n) is 4.51. The van der Waals surface area contributed by atoms with Crippen LogP contribution in [0.5, 0.6) is 0 Å². The van der Waals surface area contributed by atoms with Gasteiger partial charge in [0.25, 0.3) is 11.8 Å². The van der Waals surface area contributed by atoms with Gasteiger partial charge in [-0.05, 0) is 0 Å². The van der Waals surface area contributed by atoms with Crippen molar-refractivity contribution in [3.05, 3.63) is 11.3 Å². The molecular weight excluding hydrogens is 286 g/mol. The minimum Gasteiger partial charge on any atom is -0.394 e. The van der Waals surface area contributed by atoms with Crippen molar-refractivity contribution < 1.29 is 29.6 Å². The summed E-state index contributed by atoms with van der Waals surface area (Å²) in [5.41, 5.74) is 15.0. The molecule has 0 aromatic carbocycles. The van der Waals surface area contributed by atoms with Crippen LogP contribution < -0.4 is 17.2 Å². The molecule has 1 aromatic rings. The second kappa shape index (κ2) is 5.29. The molecule has 2 heterocycles. The number of rotatable bonds is 4. The summed E-state index contributed by atoms with van der Waals surface area (Å²) in [6.45, 7) is -0.554. The van der Waals surface area contributed by atoms with Gasteiger partial charge in [0.2, 0.25) is 0 Å². The van der Waals surface area contributed by atoms with Crippen molar-refractivity contribution in [2.45, 2.75) is 24.5 Å². The van der Waals surface area contributed by atoms with Crippen LogP contribution in [0, 0.1) is 0 Å². The maximum absolute atomic E-state index is 11.3. The van der Waals surface area contributed by atoms with Crippen molar-refractivity contribution >= 4 is 17.6 Å². The molecule has 2 rings (SSSR count). The number of carbonyl (C=O) groups excluding carboxylic acids is 2. The van der Waals surface area contributed by atoms with Crippen molar-refractivity contribution in [3.8, 4) is 0 Å². The Morgan fingerprint density at radius 2 is 1.86 bits per heavy atom. The predicted molar refractivity (Wildman–Crippen MR) is 66.7 cm³/mol.